The molecule has 8 nitrogen and oxygen atoms in total. The number of thioether (sulfide) groups is 1. The molecule has 0 aliphatic carbocycles. The van der Waals surface area contributed by atoms with Gasteiger partial charge in [-0.25, -0.2) is 9.59 Å². The maximum absolute atomic E-state index is 12.0. The Hall–Kier alpha value is -1.77. The molecule has 0 saturated carbocycles. The first kappa shape index (κ1) is 13.7. The molecule has 104 valence electrons. The molecule has 2 amide bonds. The van der Waals surface area contributed by atoms with Gasteiger partial charge in [0.1, 0.15) is 12.4 Å². The summed E-state index contributed by atoms with van der Waals surface area (Å²) in [6, 6.07) is -1.14. The molecule has 1 aliphatic rings. The average molecular weight is 285 g/mol. The fraction of sp³-hybridized carbons (Fsp3) is 0.600. The van der Waals surface area contributed by atoms with E-state index in [9.17, 15) is 9.59 Å². The van der Waals surface area contributed by atoms with Crippen LogP contribution < -0.4 is 5.32 Å². The van der Waals surface area contributed by atoms with Crippen LogP contribution in [0, 0.1) is 0 Å². The van der Waals surface area contributed by atoms with Crippen molar-refractivity contribution in [1.29, 1.82) is 0 Å². The van der Waals surface area contributed by atoms with Gasteiger partial charge in [-0.05, 0) is 0 Å². The first-order valence-corrected chi connectivity index (χ1v) is 6.93. The van der Waals surface area contributed by atoms with E-state index in [-0.39, 0.29) is 12.6 Å². The number of urea groups is 1. The van der Waals surface area contributed by atoms with Crippen LogP contribution in [-0.2, 0) is 18.4 Å². The second-order valence-corrected chi connectivity index (χ2v) is 5.29. The van der Waals surface area contributed by atoms with Crippen molar-refractivity contribution in [3.8, 4) is 0 Å². The summed E-state index contributed by atoms with van der Waals surface area (Å²) in [5, 5.41) is 19.3. The molecule has 1 saturated heterocycles. The van der Waals surface area contributed by atoms with Gasteiger partial charge < -0.3 is 19.9 Å². The van der Waals surface area contributed by atoms with Crippen molar-refractivity contribution in [2.75, 3.05) is 18.1 Å². The first-order chi connectivity index (χ1) is 9.09. The van der Waals surface area contributed by atoms with E-state index < -0.39 is 12.0 Å². The lowest BCUT2D eigenvalue weighted by Gasteiger charge is -2.32. The normalized spacial score (nSPS) is 19.2. The van der Waals surface area contributed by atoms with Crippen LogP contribution in [0.4, 0.5) is 4.79 Å². The molecule has 1 unspecified atom stereocenters. The van der Waals surface area contributed by atoms with Crippen molar-refractivity contribution >= 4 is 23.8 Å². The smallest absolute Gasteiger partial charge is 0.327 e. The largest absolute Gasteiger partial charge is 0.480 e. The van der Waals surface area contributed by atoms with E-state index in [2.05, 4.69) is 15.5 Å². The lowest BCUT2D eigenvalue weighted by molar-refractivity contribution is -0.141. The third-order valence-electron chi connectivity index (χ3n) is 2.88. The SMILES string of the molecule is Cn1cnnc1CNC(=O)N1CCSCC1C(=O)O. The molecule has 1 atom stereocenters. The minimum absolute atomic E-state index is 0.227. The van der Waals surface area contributed by atoms with Crippen molar-refractivity contribution < 1.29 is 14.7 Å². The average Bonchev–Trinajstić information content (AvgIpc) is 2.81. The minimum atomic E-state index is -0.971. The van der Waals surface area contributed by atoms with Gasteiger partial charge in [0.25, 0.3) is 0 Å². The maximum atomic E-state index is 12.0. The fourth-order valence-electron chi connectivity index (χ4n) is 1.77. The molecule has 1 aromatic heterocycles. The molecule has 1 fully saturated rings. The topological polar surface area (TPSA) is 100 Å². The zero-order valence-corrected chi connectivity index (χ0v) is 11.3. The highest BCUT2D eigenvalue weighted by molar-refractivity contribution is 7.99. The van der Waals surface area contributed by atoms with Gasteiger partial charge in [0, 0.05) is 25.1 Å². The fourth-order valence-corrected chi connectivity index (χ4v) is 2.81. The highest BCUT2D eigenvalue weighted by atomic mass is 32.2. The summed E-state index contributed by atoms with van der Waals surface area (Å²) in [6.07, 6.45) is 1.54. The summed E-state index contributed by atoms with van der Waals surface area (Å²) in [6.45, 7) is 0.664. The van der Waals surface area contributed by atoms with E-state index in [4.69, 9.17) is 5.11 Å². The monoisotopic (exact) mass is 285 g/mol. The number of amides is 2. The van der Waals surface area contributed by atoms with Crippen LogP contribution in [0.2, 0.25) is 0 Å². The Balaban J connectivity index is 1.94. The summed E-state index contributed by atoms with van der Waals surface area (Å²) in [7, 11) is 1.78. The molecule has 0 bridgehead atoms. The van der Waals surface area contributed by atoms with Crippen molar-refractivity contribution in [2.24, 2.45) is 7.05 Å². The second kappa shape index (κ2) is 5.91. The molecule has 19 heavy (non-hydrogen) atoms. The second-order valence-electron chi connectivity index (χ2n) is 4.14. The molecule has 0 spiro atoms. The molecule has 1 aliphatic heterocycles. The lowest BCUT2D eigenvalue weighted by Crippen LogP contribution is -2.53. The summed E-state index contributed by atoms with van der Waals surface area (Å²) < 4.78 is 1.70. The Bertz CT molecular complexity index is 477. The van der Waals surface area contributed by atoms with E-state index >= 15 is 0 Å². The predicted molar refractivity (Wildman–Crippen MR) is 68.7 cm³/mol. The zero-order valence-electron chi connectivity index (χ0n) is 10.4. The van der Waals surface area contributed by atoms with E-state index in [1.54, 1.807) is 29.7 Å². The summed E-state index contributed by atoms with van der Waals surface area (Å²) in [5.41, 5.74) is 0. The van der Waals surface area contributed by atoms with Gasteiger partial charge in [-0.1, -0.05) is 0 Å². The number of aryl methyl sites for hydroxylation is 1. The van der Waals surface area contributed by atoms with Crippen LogP contribution in [0.3, 0.4) is 0 Å². The number of hydrogen-bond donors (Lipinski definition) is 2. The van der Waals surface area contributed by atoms with Crippen LogP contribution in [0.5, 0.6) is 0 Å². The number of aliphatic carboxylic acids is 1. The molecule has 1 aromatic rings. The maximum Gasteiger partial charge on any atom is 0.327 e. The minimum Gasteiger partial charge on any atom is -0.480 e. The molecule has 2 heterocycles. The molecule has 0 aromatic carbocycles. The Labute approximate surface area is 114 Å². The summed E-state index contributed by atoms with van der Waals surface area (Å²) >= 11 is 1.54. The molecular weight excluding hydrogens is 270 g/mol. The highest BCUT2D eigenvalue weighted by Gasteiger charge is 2.32. The lowest BCUT2D eigenvalue weighted by atomic mass is 10.3. The van der Waals surface area contributed by atoms with Crippen molar-refractivity contribution in [2.45, 2.75) is 12.6 Å². The van der Waals surface area contributed by atoms with Crippen LogP contribution in [0.15, 0.2) is 6.33 Å². The number of rotatable bonds is 3. The van der Waals surface area contributed by atoms with Crippen LogP contribution in [0.25, 0.3) is 0 Å². The molecular formula is C10H15N5O3S. The Morgan fingerprint density at radius 3 is 3.05 bits per heavy atom. The first-order valence-electron chi connectivity index (χ1n) is 5.77. The molecule has 0 radical (unpaired) electrons. The number of hydrogen-bond acceptors (Lipinski definition) is 5. The predicted octanol–water partition coefficient (Wildman–Crippen LogP) is -0.473. The van der Waals surface area contributed by atoms with Crippen LogP contribution in [-0.4, -0.2) is 60.9 Å². The number of nitrogens with zero attached hydrogens (tertiary/aromatic N) is 4. The number of carbonyl (C=O) groups excluding carboxylic acids is 1. The Morgan fingerprint density at radius 2 is 2.42 bits per heavy atom. The molecule has 2 N–H and O–H groups in total. The van der Waals surface area contributed by atoms with Crippen LogP contribution >= 0.6 is 11.8 Å². The number of carboxylic acids is 1. The van der Waals surface area contributed by atoms with Gasteiger partial charge in [0.05, 0.1) is 6.54 Å². The highest BCUT2D eigenvalue weighted by Crippen LogP contribution is 2.16. The standard InChI is InChI=1S/C10H15N5O3S/c1-14-6-12-13-8(14)4-11-10(18)15-2-3-19-5-7(15)9(16)17/h6-7H,2-5H2,1H3,(H,11,18)(H,16,17). The third-order valence-corrected chi connectivity index (χ3v) is 3.90. The number of carboxylic acid groups (broad SMARTS) is 1. The van der Waals surface area contributed by atoms with Gasteiger partial charge in [0.2, 0.25) is 0 Å². The number of carbonyl (C=O) groups is 2. The van der Waals surface area contributed by atoms with Gasteiger partial charge in [-0.15, -0.1) is 10.2 Å². The van der Waals surface area contributed by atoms with Gasteiger partial charge in [0.15, 0.2) is 5.82 Å². The third kappa shape index (κ3) is 3.16. The number of aromatic nitrogens is 3. The van der Waals surface area contributed by atoms with Gasteiger partial charge in [-0.2, -0.15) is 11.8 Å². The Morgan fingerprint density at radius 1 is 1.63 bits per heavy atom. The summed E-state index contributed by atoms with van der Waals surface area (Å²) in [4.78, 5) is 24.5. The molecule has 9 heteroatoms. The summed E-state index contributed by atoms with van der Waals surface area (Å²) in [5.74, 6) is 0.820. The van der Waals surface area contributed by atoms with Gasteiger partial charge in [-0.3, -0.25) is 0 Å². The van der Waals surface area contributed by atoms with Crippen LogP contribution in [0.1, 0.15) is 5.82 Å². The van der Waals surface area contributed by atoms with E-state index in [1.807, 2.05) is 0 Å². The molecule has 2 rings (SSSR count). The van der Waals surface area contributed by atoms with E-state index in [0.717, 1.165) is 5.75 Å². The quantitative estimate of drug-likeness (QED) is 0.778. The van der Waals surface area contributed by atoms with Crippen molar-refractivity contribution in [3.05, 3.63) is 12.2 Å². The zero-order chi connectivity index (χ0) is 13.8. The van der Waals surface area contributed by atoms with E-state index in [0.29, 0.717) is 18.1 Å². The Kier molecular flexibility index (Phi) is 4.25. The van der Waals surface area contributed by atoms with Crippen molar-refractivity contribution in [3.63, 3.8) is 0 Å². The number of nitrogens with one attached hydrogen (secondary N) is 1. The van der Waals surface area contributed by atoms with E-state index in [1.165, 1.54) is 4.90 Å². The van der Waals surface area contributed by atoms with Crippen molar-refractivity contribution in [1.82, 2.24) is 25.0 Å². The van der Waals surface area contributed by atoms with Gasteiger partial charge >= 0.3 is 12.0 Å².